The van der Waals surface area contributed by atoms with E-state index in [4.69, 9.17) is 5.26 Å². The predicted octanol–water partition coefficient (Wildman–Crippen LogP) is 3.24. The molecule has 0 aliphatic heterocycles. The van der Waals surface area contributed by atoms with Gasteiger partial charge in [0.25, 0.3) is 0 Å². The van der Waals surface area contributed by atoms with Gasteiger partial charge in [-0.2, -0.15) is 5.26 Å². The largest absolute Gasteiger partial charge is 0.244 e. The Hall–Kier alpha value is -1.01. The molecule has 0 aromatic carbocycles. The SMILES string of the molecule is CCCCCSc1cccnc1C#N. The third-order valence-corrected chi connectivity index (χ3v) is 3.02. The maximum absolute atomic E-state index is 8.80. The normalized spacial score (nSPS) is 9.71. The van der Waals surface area contributed by atoms with Crippen LogP contribution in [0.25, 0.3) is 0 Å². The average molecular weight is 206 g/mol. The molecule has 0 bridgehead atoms. The molecule has 0 saturated carbocycles. The highest BCUT2D eigenvalue weighted by Gasteiger charge is 2.01. The molecule has 1 aromatic heterocycles. The lowest BCUT2D eigenvalue weighted by molar-refractivity contribution is 0.778. The second kappa shape index (κ2) is 6.44. The van der Waals surface area contributed by atoms with Crippen LogP contribution in [0.5, 0.6) is 0 Å². The molecule has 14 heavy (non-hydrogen) atoms. The van der Waals surface area contributed by atoms with Gasteiger partial charge >= 0.3 is 0 Å². The number of unbranched alkanes of at least 4 members (excludes halogenated alkanes) is 2. The van der Waals surface area contributed by atoms with E-state index in [0.717, 1.165) is 10.6 Å². The second-order valence-electron chi connectivity index (χ2n) is 3.02. The van der Waals surface area contributed by atoms with Gasteiger partial charge in [0, 0.05) is 11.1 Å². The Morgan fingerprint density at radius 2 is 2.36 bits per heavy atom. The summed E-state index contributed by atoms with van der Waals surface area (Å²) in [6, 6.07) is 5.94. The fourth-order valence-electron chi connectivity index (χ4n) is 1.13. The fourth-order valence-corrected chi connectivity index (χ4v) is 2.10. The highest BCUT2D eigenvalue weighted by atomic mass is 32.2. The first-order chi connectivity index (χ1) is 6.88. The van der Waals surface area contributed by atoms with Crippen molar-refractivity contribution in [2.24, 2.45) is 0 Å². The number of rotatable bonds is 5. The van der Waals surface area contributed by atoms with Crippen LogP contribution in [0.1, 0.15) is 31.9 Å². The van der Waals surface area contributed by atoms with Crippen molar-refractivity contribution in [3.8, 4) is 6.07 Å². The summed E-state index contributed by atoms with van der Waals surface area (Å²) in [5, 5.41) is 8.80. The minimum Gasteiger partial charge on any atom is -0.244 e. The molecule has 0 amide bonds. The zero-order chi connectivity index (χ0) is 10.2. The third kappa shape index (κ3) is 3.39. The molecule has 0 unspecified atom stereocenters. The number of hydrogen-bond donors (Lipinski definition) is 0. The lowest BCUT2D eigenvalue weighted by atomic mass is 10.3. The zero-order valence-electron chi connectivity index (χ0n) is 8.36. The number of nitriles is 1. The zero-order valence-corrected chi connectivity index (χ0v) is 9.18. The Kier molecular flexibility index (Phi) is 5.09. The summed E-state index contributed by atoms with van der Waals surface area (Å²) in [7, 11) is 0. The van der Waals surface area contributed by atoms with Gasteiger partial charge in [0.15, 0.2) is 5.69 Å². The van der Waals surface area contributed by atoms with E-state index in [1.54, 1.807) is 18.0 Å². The summed E-state index contributed by atoms with van der Waals surface area (Å²) in [5.74, 6) is 1.08. The summed E-state index contributed by atoms with van der Waals surface area (Å²) in [4.78, 5) is 5.02. The van der Waals surface area contributed by atoms with Crippen LogP contribution >= 0.6 is 11.8 Å². The highest BCUT2D eigenvalue weighted by molar-refractivity contribution is 7.99. The molecule has 0 radical (unpaired) electrons. The summed E-state index contributed by atoms with van der Waals surface area (Å²) in [5.41, 5.74) is 0.550. The second-order valence-corrected chi connectivity index (χ2v) is 4.15. The molecule has 0 N–H and O–H groups in total. The number of nitrogens with zero attached hydrogens (tertiary/aromatic N) is 2. The van der Waals surface area contributed by atoms with Gasteiger partial charge in [-0.1, -0.05) is 19.8 Å². The Labute approximate surface area is 89.4 Å². The molecule has 1 aromatic rings. The smallest absolute Gasteiger partial charge is 0.153 e. The van der Waals surface area contributed by atoms with E-state index in [1.807, 2.05) is 12.1 Å². The van der Waals surface area contributed by atoms with Crippen LogP contribution in [0, 0.1) is 11.3 Å². The number of pyridine rings is 1. The minimum absolute atomic E-state index is 0.550. The molecular weight excluding hydrogens is 192 g/mol. The topological polar surface area (TPSA) is 36.7 Å². The molecule has 0 aliphatic rings. The van der Waals surface area contributed by atoms with Crippen molar-refractivity contribution in [1.29, 1.82) is 5.26 Å². The van der Waals surface area contributed by atoms with Crippen LogP contribution in [0.2, 0.25) is 0 Å². The first-order valence-corrected chi connectivity index (χ1v) is 5.85. The molecule has 74 valence electrons. The fraction of sp³-hybridized carbons (Fsp3) is 0.455. The van der Waals surface area contributed by atoms with E-state index < -0.39 is 0 Å². The molecule has 0 atom stereocenters. The van der Waals surface area contributed by atoms with E-state index >= 15 is 0 Å². The van der Waals surface area contributed by atoms with Gasteiger partial charge in [0.1, 0.15) is 6.07 Å². The molecule has 0 saturated heterocycles. The minimum atomic E-state index is 0.550. The molecule has 0 aliphatic carbocycles. The van der Waals surface area contributed by atoms with Crippen molar-refractivity contribution in [2.45, 2.75) is 31.1 Å². The van der Waals surface area contributed by atoms with E-state index in [2.05, 4.69) is 18.0 Å². The van der Waals surface area contributed by atoms with Gasteiger partial charge in [-0.3, -0.25) is 0 Å². The first-order valence-electron chi connectivity index (χ1n) is 4.86. The van der Waals surface area contributed by atoms with Crippen molar-refractivity contribution >= 4 is 11.8 Å². The van der Waals surface area contributed by atoms with E-state index in [1.165, 1.54) is 19.3 Å². The van der Waals surface area contributed by atoms with Crippen LogP contribution in [0.3, 0.4) is 0 Å². The molecule has 2 nitrogen and oxygen atoms in total. The van der Waals surface area contributed by atoms with Gasteiger partial charge < -0.3 is 0 Å². The molecule has 1 rings (SSSR count). The maximum Gasteiger partial charge on any atom is 0.153 e. The summed E-state index contributed by atoms with van der Waals surface area (Å²) in [6.07, 6.45) is 5.36. The number of hydrogen-bond acceptors (Lipinski definition) is 3. The average Bonchev–Trinajstić information content (AvgIpc) is 2.25. The molecule has 1 heterocycles. The quantitative estimate of drug-likeness (QED) is 0.548. The third-order valence-electron chi connectivity index (χ3n) is 1.88. The Morgan fingerprint density at radius 1 is 1.50 bits per heavy atom. The first kappa shape index (κ1) is 11.1. The maximum atomic E-state index is 8.80. The van der Waals surface area contributed by atoms with E-state index in [-0.39, 0.29) is 0 Å². The summed E-state index contributed by atoms with van der Waals surface area (Å²) >= 11 is 1.73. The highest BCUT2D eigenvalue weighted by Crippen LogP contribution is 2.21. The van der Waals surface area contributed by atoms with Gasteiger partial charge in [0.05, 0.1) is 0 Å². The summed E-state index contributed by atoms with van der Waals surface area (Å²) < 4.78 is 0. The van der Waals surface area contributed by atoms with Crippen molar-refractivity contribution in [2.75, 3.05) is 5.75 Å². The number of thioether (sulfide) groups is 1. The van der Waals surface area contributed by atoms with Crippen molar-refractivity contribution in [3.63, 3.8) is 0 Å². The molecule has 0 spiro atoms. The van der Waals surface area contributed by atoms with Crippen molar-refractivity contribution < 1.29 is 0 Å². The van der Waals surface area contributed by atoms with E-state index in [0.29, 0.717) is 5.69 Å². The van der Waals surface area contributed by atoms with Gasteiger partial charge in [-0.25, -0.2) is 4.98 Å². The monoisotopic (exact) mass is 206 g/mol. The molecule has 0 fully saturated rings. The Balaban J connectivity index is 2.46. The van der Waals surface area contributed by atoms with Crippen LogP contribution in [-0.4, -0.2) is 10.7 Å². The van der Waals surface area contributed by atoms with Gasteiger partial charge in [-0.15, -0.1) is 11.8 Å². The Bertz CT molecular complexity index is 317. The van der Waals surface area contributed by atoms with Gasteiger partial charge in [-0.05, 0) is 24.3 Å². The molecular formula is C11H14N2S. The lowest BCUT2D eigenvalue weighted by Gasteiger charge is -2.01. The van der Waals surface area contributed by atoms with Crippen LogP contribution in [-0.2, 0) is 0 Å². The van der Waals surface area contributed by atoms with Crippen LogP contribution < -0.4 is 0 Å². The Morgan fingerprint density at radius 3 is 3.07 bits per heavy atom. The van der Waals surface area contributed by atoms with Gasteiger partial charge in [0.2, 0.25) is 0 Å². The standard InChI is InChI=1S/C11H14N2S/c1-2-3-4-8-14-11-6-5-7-13-10(11)9-12/h5-7H,2-4,8H2,1H3. The lowest BCUT2D eigenvalue weighted by Crippen LogP contribution is -1.87. The van der Waals surface area contributed by atoms with Crippen LogP contribution in [0.15, 0.2) is 23.2 Å². The summed E-state index contributed by atoms with van der Waals surface area (Å²) in [6.45, 7) is 2.19. The van der Waals surface area contributed by atoms with Crippen molar-refractivity contribution in [1.82, 2.24) is 4.98 Å². The predicted molar refractivity (Wildman–Crippen MR) is 59.2 cm³/mol. The van der Waals surface area contributed by atoms with E-state index in [9.17, 15) is 0 Å². The number of aromatic nitrogens is 1. The molecule has 3 heteroatoms. The van der Waals surface area contributed by atoms with Crippen LogP contribution in [0.4, 0.5) is 0 Å². The van der Waals surface area contributed by atoms with Crippen molar-refractivity contribution in [3.05, 3.63) is 24.0 Å².